The number of aromatic nitrogens is 4. The fourth-order valence-corrected chi connectivity index (χ4v) is 2.48. The van der Waals surface area contributed by atoms with Crippen LogP contribution in [0.15, 0.2) is 17.8 Å². The Bertz CT molecular complexity index is 581. The van der Waals surface area contributed by atoms with Crippen LogP contribution in [-0.4, -0.2) is 57.1 Å². The fraction of sp³-hybridized carbons (Fsp3) is 0.500. The van der Waals surface area contributed by atoms with Gasteiger partial charge >= 0.3 is 0 Å². The Labute approximate surface area is 125 Å². The van der Waals surface area contributed by atoms with Gasteiger partial charge < -0.3 is 15.2 Å². The van der Waals surface area contributed by atoms with Crippen LogP contribution >= 0.6 is 11.3 Å². The van der Waals surface area contributed by atoms with Crippen molar-refractivity contribution in [2.75, 3.05) is 20.3 Å². The Morgan fingerprint density at radius 1 is 1.62 bits per heavy atom. The van der Waals surface area contributed by atoms with E-state index in [4.69, 9.17) is 4.74 Å². The lowest BCUT2D eigenvalue weighted by molar-refractivity contribution is 0.0244. The normalized spacial score (nSPS) is 13.9. The summed E-state index contributed by atoms with van der Waals surface area (Å²) >= 11 is 1.29. The third-order valence-corrected chi connectivity index (χ3v) is 3.82. The quantitative estimate of drug-likeness (QED) is 0.759. The largest absolute Gasteiger partial charge is 0.388 e. The zero-order valence-electron chi connectivity index (χ0n) is 11.8. The van der Waals surface area contributed by atoms with Crippen molar-refractivity contribution in [1.82, 2.24) is 25.5 Å². The minimum Gasteiger partial charge on any atom is -0.388 e. The van der Waals surface area contributed by atoms with Crippen molar-refractivity contribution in [3.63, 3.8) is 0 Å². The zero-order chi connectivity index (χ0) is 15.3. The van der Waals surface area contributed by atoms with Gasteiger partial charge in [0.2, 0.25) is 0 Å². The number of amides is 1. The van der Waals surface area contributed by atoms with E-state index in [1.54, 1.807) is 25.5 Å². The highest BCUT2D eigenvalue weighted by atomic mass is 32.1. The van der Waals surface area contributed by atoms with E-state index in [0.717, 1.165) is 0 Å². The molecule has 1 atom stereocenters. The number of carbonyl (C=O) groups excluding carboxylic acids is 1. The molecule has 0 spiro atoms. The molecule has 2 aromatic heterocycles. The first-order valence-corrected chi connectivity index (χ1v) is 7.22. The van der Waals surface area contributed by atoms with Crippen molar-refractivity contribution in [1.29, 1.82) is 0 Å². The second-order valence-corrected chi connectivity index (χ2v) is 5.73. The first-order chi connectivity index (χ1) is 10.0. The summed E-state index contributed by atoms with van der Waals surface area (Å²) < 4.78 is 6.35. The molecule has 21 heavy (non-hydrogen) atoms. The second kappa shape index (κ2) is 6.74. The first kappa shape index (κ1) is 15.5. The Balaban J connectivity index is 2.00. The molecule has 1 unspecified atom stereocenters. The van der Waals surface area contributed by atoms with E-state index in [1.165, 1.54) is 22.3 Å². The molecule has 2 aromatic rings. The standard InChI is InChI=1S/C12H17N5O3S/c1-12(19,4-5-20-2)7-13-11(18)10-9(3-6-21-10)17-8-14-15-16-17/h3,6,8,19H,4-5,7H2,1-2H3,(H,13,18). The monoisotopic (exact) mass is 311 g/mol. The molecule has 0 bridgehead atoms. The van der Waals surface area contributed by atoms with Crippen molar-refractivity contribution in [2.45, 2.75) is 18.9 Å². The molecule has 0 aliphatic carbocycles. The van der Waals surface area contributed by atoms with Crippen LogP contribution in [0.1, 0.15) is 23.0 Å². The summed E-state index contributed by atoms with van der Waals surface area (Å²) in [6.45, 7) is 2.23. The lowest BCUT2D eigenvalue weighted by Crippen LogP contribution is -2.41. The molecule has 1 amide bonds. The van der Waals surface area contributed by atoms with E-state index in [9.17, 15) is 9.90 Å². The number of tetrazole rings is 1. The maximum absolute atomic E-state index is 12.2. The number of nitrogens with one attached hydrogen (secondary N) is 1. The van der Waals surface area contributed by atoms with E-state index in [2.05, 4.69) is 20.8 Å². The third kappa shape index (κ3) is 4.06. The lowest BCUT2D eigenvalue weighted by atomic mass is 10.0. The first-order valence-electron chi connectivity index (χ1n) is 6.34. The van der Waals surface area contributed by atoms with E-state index in [0.29, 0.717) is 23.6 Å². The van der Waals surface area contributed by atoms with Gasteiger partial charge in [0.05, 0.1) is 11.3 Å². The minimum atomic E-state index is -1.02. The number of hydrogen-bond acceptors (Lipinski definition) is 7. The molecular weight excluding hydrogens is 294 g/mol. The van der Waals surface area contributed by atoms with Crippen molar-refractivity contribution < 1.29 is 14.6 Å². The van der Waals surface area contributed by atoms with E-state index < -0.39 is 5.60 Å². The van der Waals surface area contributed by atoms with Crippen molar-refractivity contribution >= 4 is 17.2 Å². The predicted octanol–water partition coefficient (Wildman–Crippen LogP) is 0.241. The van der Waals surface area contributed by atoms with Crippen LogP contribution in [-0.2, 0) is 4.74 Å². The second-order valence-electron chi connectivity index (χ2n) is 4.81. The van der Waals surface area contributed by atoms with Gasteiger partial charge in [0.15, 0.2) is 0 Å². The molecule has 114 valence electrons. The van der Waals surface area contributed by atoms with Crippen LogP contribution < -0.4 is 5.32 Å². The number of rotatable bonds is 7. The van der Waals surface area contributed by atoms with Crippen molar-refractivity contribution in [3.05, 3.63) is 22.7 Å². The summed E-state index contributed by atoms with van der Waals surface area (Å²) in [7, 11) is 1.57. The maximum Gasteiger partial charge on any atom is 0.263 e. The van der Waals surface area contributed by atoms with Gasteiger partial charge in [-0.3, -0.25) is 4.79 Å². The van der Waals surface area contributed by atoms with E-state index >= 15 is 0 Å². The van der Waals surface area contributed by atoms with Crippen LogP contribution in [0.3, 0.4) is 0 Å². The van der Waals surface area contributed by atoms with Gasteiger partial charge in [-0.15, -0.1) is 16.4 Å². The van der Waals surface area contributed by atoms with Gasteiger partial charge in [-0.25, -0.2) is 0 Å². The molecule has 0 saturated heterocycles. The van der Waals surface area contributed by atoms with Crippen molar-refractivity contribution in [2.24, 2.45) is 0 Å². The molecule has 2 rings (SSSR count). The minimum absolute atomic E-state index is 0.141. The van der Waals surface area contributed by atoms with Gasteiger partial charge in [-0.1, -0.05) is 0 Å². The van der Waals surface area contributed by atoms with Gasteiger partial charge in [-0.2, -0.15) is 4.68 Å². The van der Waals surface area contributed by atoms with Crippen LogP contribution in [0, 0.1) is 0 Å². The Morgan fingerprint density at radius 3 is 3.10 bits per heavy atom. The average Bonchev–Trinajstić information content (AvgIpc) is 3.12. The molecule has 8 nitrogen and oxygen atoms in total. The fourth-order valence-electron chi connectivity index (χ4n) is 1.69. The molecular formula is C12H17N5O3S. The molecule has 0 aliphatic rings. The van der Waals surface area contributed by atoms with E-state index in [1.807, 2.05) is 0 Å². The van der Waals surface area contributed by atoms with Crippen molar-refractivity contribution in [3.8, 4) is 5.69 Å². The highest BCUT2D eigenvalue weighted by Gasteiger charge is 2.23. The number of carbonyl (C=O) groups is 1. The lowest BCUT2D eigenvalue weighted by Gasteiger charge is -2.23. The summed E-state index contributed by atoms with van der Waals surface area (Å²) in [4.78, 5) is 12.7. The smallest absolute Gasteiger partial charge is 0.263 e. The molecule has 0 fully saturated rings. The SMILES string of the molecule is COCCC(C)(O)CNC(=O)c1sccc1-n1cnnn1. The molecule has 0 aromatic carbocycles. The van der Waals surface area contributed by atoms with Crippen LogP contribution in [0.25, 0.3) is 5.69 Å². The zero-order valence-corrected chi connectivity index (χ0v) is 12.6. The highest BCUT2D eigenvalue weighted by molar-refractivity contribution is 7.12. The van der Waals surface area contributed by atoms with Gasteiger partial charge in [0, 0.05) is 26.7 Å². The average molecular weight is 311 g/mol. The maximum atomic E-state index is 12.2. The Morgan fingerprint density at radius 2 is 2.43 bits per heavy atom. The van der Waals surface area contributed by atoms with E-state index in [-0.39, 0.29) is 12.5 Å². The number of methoxy groups -OCH3 is 1. The molecule has 0 aliphatic heterocycles. The van der Waals surface area contributed by atoms with Gasteiger partial charge in [0.1, 0.15) is 11.2 Å². The molecule has 9 heteroatoms. The van der Waals surface area contributed by atoms with Gasteiger partial charge in [-0.05, 0) is 28.8 Å². The van der Waals surface area contributed by atoms with Gasteiger partial charge in [0.25, 0.3) is 5.91 Å². The number of aliphatic hydroxyl groups is 1. The summed E-state index contributed by atoms with van der Waals surface area (Å²) in [5, 5.41) is 25.5. The number of nitrogens with zero attached hydrogens (tertiary/aromatic N) is 4. The summed E-state index contributed by atoms with van der Waals surface area (Å²) in [5.41, 5.74) is -0.406. The third-order valence-electron chi connectivity index (χ3n) is 2.92. The molecule has 2 N–H and O–H groups in total. The van der Waals surface area contributed by atoms with Crippen LogP contribution in [0.2, 0.25) is 0 Å². The summed E-state index contributed by atoms with van der Waals surface area (Å²) in [6, 6.07) is 1.76. The Hall–Kier alpha value is -1.84. The highest BCUT2D eigenvalue weighted by Crippen LogP contribution is 2.20. The predicted molar refractivity (Wildman–Crippen MR) is 76.5 cm³/mol. The summed E-state index contributed by atoms with van der Waals surface area (Å²) in [5.74, 6) is -0.270. The molecule has 2 heterocycles. The number of ether oxygens (including phenoxy) is 1. The van der Waals surface area contributed by atoms with Crippen LogP contribution in [0.5, 0.6) is 0 Å². The summed E-state index contributed by atoms with van der Waals surface area (Å²) in [6.07, 6.45) is 1.86. The number of thiophene rings is 1. The number of hydrogen-bond donors (Lipinski definition) is 2. The molecule has 0 radical (unpaired) electrons. The molecule has 0 saturated carbocycles. The Kier molecular flexibility index (Phi) is 4.99. The topological polar surface area (TPSA) is 102 Å². The van der Waals surface area contributed by atoms with Crippen LogP contribution in [0.4, 0.5) is 0 Å².